The summed E-state index contributed by atoms with van der Waals surface area (Å²) in [6.45, 7) is 8.48. The molecule has 4 rings (SSSR count). The van der Waals surface area contributed by atoms with E-state index in [1.54, 1.807) is 0 Å². The Morgan fingerprint density at radius 3 is 2.39 bits per heavy atom. The first-order valence-electron chi connectivity index (χ1n) is 11.8. The maximum Gasteiger partial charge on any atom is 0.416 e. The van der Waals surface area contributed by atoms with Gasteiger partial charge in [0.2, 0.25) is 0 Å². The zero-order valence-corrected chi connectivity index (χ0v) is 21.1. The van der Waals surface area contributed by atoms with Crippen molar-refractivity contribution in [1.29, 1.82) is 0 Å². The van der Waals surface area contributed by atoms with Crippen LogP contribution in [0.3, 0.4) is 0 Å². The van der Waals surface area contributed by atoms with E-state index in [1.165, 1.54) is 13.2 Å². The number of halogens is 3. The fraction of sp³-hybridized carbons (Fsp3) is 0.310. The molecule has 0 spiro atoms. The van der Waals surface area contributed by atoms with Crippen molar-refractivity contribution in [2.24, 2.45) is 5.73 Å². The zero-order chi connectivity index (χ0) is 26.3. The first-order valence-corrected chi connectivity index (χ1v) is 11.8. The van der Waals surface area contributed by atoms with Crippen LogP contribution in [0.4, 0.5) is 18.9 Å². The van der Waals surface area contributed by atoms with Gasteiger partial charge in [-0.25, -0.2) is 0 Å². The number of alkyl halides is 3. The first kappa shape index (κ1) is 25.6. The second-order valence-electron chi connectivity index (χ2n) is 9.48. The normalized spacial score (nSPS) is 15.4. The van der Waals surface area contributed by atoms with Gasteiger partial charge in [-0.1, -0.05) is 30.3 Å². The Kier molecular flexibility index (Phi) is 6.80. The quantitative estimate of drug-likeness (QED) is 0.372. The molecule has 1 unspecified atom stereocenters. The molecule has 3 aromatic carbocycles. The van der Waals surface area contributed by atoms with E-state index in [0.717, 1.165) is 34.5 Å². The number of rotatable bonds is 6. The van der Waals surface area contributed by atoms with E-state index in [0.29, 0.717) is 34.8 Å². The number of nitrogens with two attached hydrogens (primary N) is 1. The number of hydrogen-bond donors (Lipinski definition) is 2. The highest BCUT2D eigenvalue weighted by Crippen LogP contribution is 2.47. The number of anilines is 1. The maximum absolute atomic E-state index is 13.7. The number of nitrogens with one attached hydrogen (secondary N) is 1. The largest absolute Gasteiger partial charge is 0.496 e. The summed E-state index contributed by atoms with van der Waals surface area (Å²) in [6, 6.07) is 14.0. The number of benzene rings is 3. The van der Waals surface area contributed by atoms with Gasteiger partial charge < -0.3 is 20.5 Å². The number of ether oxygens (including phenoxy) is 2. The Morgan fingerprint density at radius 1 is 1.00 bits per heavy atom. The van der Waals surface area contributed by atoms with Crippen molar-refractivity contribution in [1.82, 2.24) is 0 Å². The number of methoxy groups -OCH3 is 1. The highest BCUT2D eigenvalue weighted by Gasteiger charge is 2.33. The molecule has 190 valence electrons. The van der Waals surface area contributed by atoms with Crippen molar-refractivity contribution < 1.29 is 22.6 Å². The van der Waals surface area contributed by atoms with Crippen molar-refractivity contribution in [2.75, 3.05) is 19.0 Å². The standard InChI is InChI=1S/C29H31F3N2O2/c1-6-36-24-10-8-7-9-20(24)27(33)26-19(12-13-22-25(26)17(2)16-28(3,4)34-22)21-15-18(29(30,31)32)11-14-23(21)35-5/h7-16,27,34H,6,33H2,1-5H3. The highest BCUT2D eigenvalue weighted by atomic mass is 19.4. The minimum absolute atomic E-state index is 0.295. The third-order valence-electron chi connectivity index (χ3n) is 6.36. The monoisotopic (exact) mass is 496 g/mol. The molecule has 3 aromatic rings. The SMILES string of the molecule is CCOc1ccccc1C(N)c1c(-c2cc(C(F)(F)F)ccc2OC)ccc2c1C(C)=CC(C)(C)N2. The molecule has 1 heterocycles. The summed E-state index contributed by atoms with van der Waals surface area (Å²) >= 11 is 0. The van der Waals surface area contributed by atoms with Crippen LogP contribution in [0.15, 0.2) is 60.7 Å². The maximum atomic E-state index is 13.7. The Labute approximate surface area is 209 Å². The van der Waals surface area contributed by atoms with Crippen LogP contribution in [0.5, 0.6) is 11.5 Å². The summed E-state index contributed by atoms with van der Waals surface area (Å²) in [4.78, 5) is 0. The lowest BCUT2D eigenvalue weighted by Crippen LogP contribution is -2.32. The number of hydrogen-bond acceptors (Lipinski definition) is 4. The smallest absolute Gasteiger partial charge is 0.416 e. The molecule has 7 heteroatoms. The van der Waals surface area contributed by atoms with E-state index in [1.807, 2.05) is 50.2 Å². The molecule has 0 radical (unpaired) electrons. The predicted molar refractivity (Wildman–Crippen MR) is 138 cm³/mol. The van der Waals surface area contributed by atoms with Gasteiger partial charge in [-0.05, 0) is 74.7 Å². The van der Waals surface area contributed by atoms with E-state index < -0.39 is 17.8 Å². The highest BCUT2D eigenvalue weighted by molar-refractivity contribution is 5.89. The fourth-order valence-corrected chi connectivity index (χ4v) is 4.98. The minimum Gasteiger partial charge on any atom is -0.496 e. The van der Waals surface area contributed by atoms with E-state index >= 15 is 0 Å². The Balaban J connectivity index is 2.05. The molecule has 0 fully saturated rings. The average Bonchev–Trinajstić information content (AvgIpc) is 2.82. The second kappa shape index (κ2) is 9.54. The molecular weight excluding hydrogens is 465 g/mol. The summed E-state index contributed by atoms with van der Waals surface area (Å²) < 4.78 is 52.5. The van der Waals surface area contributed by atoms with E-state index in [4.69, 9.17) is 15.2 Å². The van der Waals surface area contributed by atoms with Gasteiger partial charge in [0.15, 0.2) is 0 Å². The lowest BCUT2D eigenvalue weighted by molar-refractivity contribution is -0.137. The first-order chi connectivity index (χ1) is 17.0. The summed E-state index contributed by atoms with van der Waals surface area (Å²) in [5.74, 6) is 0.970. The van der Waals surface area contributed by atoms with Crippen LogP contribution >= 0.6 is 0 Å². The topological polar surface area (TPSA) is 56.5 Å². The van der Waals surface area contributed by atoms with Crippen LogP contribution in [-0.4, -0.2) is 19.3 Å². The average molecular weight is 497 g/mol. The van der Waals surface area contributed by atoms with Gasteiger partial charge in [-0.3, -0.25) is 0 Å². The molecule has 36 heavy (non-hydrogen) atoms. The fourth-order valence-electron chi connectivity index (χ4n) is 4.98. The number of allylic oxidation sites excluding steroid dienone is 1. The Hall–Kier alpha value is -3.45. The van der Waals surface area contributed by atoms with Gasteiger partial charge in [-0.15, -0.1) is 0 Å². The van der Waals surface area contributed by atoms with Crippen LogP contribution in [0, 0.1) is 0 Å². The van der Waals surface area contributed by atoms with Gasteiger partial charge >= 0.3 is 6.18 Å². The summed E-state index contributed by atoms with van der Waals surface area (Å²) in [6.07, 6.45) is -2.40. The molecule has 0 saturated carbocycles. The molecule has 1 atom stereocenters. The molecule has 1 aliphatic rings. The van der Waals surface area contributed by atoms with Crippen LogP contribution in [0.2, 0.25) is 0 Å². The molecule has 0 aliphatic carbocycles. The van der Waals surface area contributed by atoms with Crippen molar-refractivity contribution >= 4 is 11.3 Å². The zero-order valence-electron chi connectivity index (χ0n) is 21.1. The molecule has 0 amide bonds. The molecule has 0 saturated heterocycles. The molecule has 0 bridgehead atoms. The summed E-state index contributed by atoms with van der Waals surface area (Å²) in [7, 11) is 1.45. The van der Waals surface area contributed by atoms with Crippen molar-refractivity contribution in [3.63, 3.8) is 0 Å². The van der Waals surface area contributed by atoms with Crippen LogP contribution in [0.25, 0.3) is 16.7 Å². The van der Waals surface area contributed by atoms with Crippen LogP contribution in [-0.2, 0) is 6.18 Å². The van der Waals surface area contributed by atoms with E-state index in [-0.39, 0.29) is 5.54 Å². The summed E-state index contributed by atoms with van der Waals surface area (Å²) in [5, 5.41) is 3.52. The Bertz CT molecular complexity index is 1310. The predicted octanol–water partition coefficient (Wildman–Crippen LogP) is 7.44. The number of fused-ring (bicyclic) bond motifs is 1. The van der Waals surface area contributed by atoms with E-state index in [9.17, 15) is 13.2 Å². The van der Waals surface area contributed by atoms with Gasteiger partial charge in [0, 0.05) is 22.4 Å². The molecule has 1 aliphatic heterocycles. The van der Waals surface area contributed by atoms with E-state index in [2.05, 4.69) is 25.2 Å². The minimum atomic E-state index is -4.50. The summed E-state index contributed by atoms with van der Waals surface area (Å²) in [5.41, 5.74) is 11.0. The Morgan fingerprint density at radius 2 is 1.72 bits per heavy atom. The lowest BCUT2D eigenvalue weighted by Gasteiger charge is -2.35. The van der Waals surface area contributed by atoms with Gasteiger partial charge in [0.1, 0.15) is 11.5 Å². The molecular formula is C29H31F3N2O2. The van der Waals surface area contributed by atoms with Crippen LogP contribution < -0.4 is 20.5 Å². The molecule has 4 nitrogen and oxygen atoms in total. The lowest BCUT2D eigenvalue weighted by atomic mass is 9.80. The van der Waals surface area contributed by atoms with Gasteiger partial charge in [0.25, 0.3) is 0 Å². The third kappa shape index (κ3) is 4.80. The molecule has 3 N–H and O–H groups in total. The van der Waals surface area contributed by atoms with Crippen molar-refractivity contribution in [3.05, 3.63) is 82.9 Å². The third-order valence-corrected chi connectivity index (χ3v) is 6.36. The second-order valence-corrected chi connectivity index (χ2v) is 9.48. The van der Waals surface area contributed by atoms with Crippen LogP contribution in [0.1, 0.15) is 56.0 Å². The van der Waals surface area contributed by atoms with Crippen molar-refractivity contribution in [3.8, 4) is 22.6 Å². The number of para-hydroxylation sites is 1. The van der Waals surface area contributed by atoms with Gasteiger partial charge in [0.05, 0.1) is 30.9 Å². The van der Waals surface area contributed by atoms with Crippen molar-refractivity contribution in [2.45, 2.75) is 45.5 Å². The van der Waals surface area contributed by atoms with Gasteiger partial charge in [-0.2, -0.15) is 13.2 Å². The molecule has 0 aromatic heterocycles.